The highest BCUT2D eigenvalue weighted by atomic mass is 16.2. The van der Waals surface area contributed by atoms with Gasteiger partial charge < -0.3 is 9.80 Å². The minimum Gasteiger partial charge on any atom is -0.368 e. The number of fused-ring (bicyclic) bond motifs is 1. The molecule has 1 aliphatic rings. The number of nitrogens with zero attached hydrogens (tertiary/aromatic N) is 2. The highest BCUT2D eigenvalue weighted by molar-refractivity contribution is 5.92. The summed E-state index contributed by atoms with van der Waals surface area (Å²) < 4.78 is 0. The second-order valence-electron chi connectivity index (χ2n) is 7.81. The highest BCUT2D eigenvalue weighted by Crippen LogP contribution is 2.42. The van der Waals surface area contributed by atoms with Crippen LogP contribution in [0.1, 0.15) is 37.4 Å². The second-order valence-corrected chi connectivity index (χ2v) is 7.81. The van der Waals surface area contributed by atoms with Crippen molar-refractivity contribution < 1.29 is 4.79 Å². The zero-order valence-electron chi connectivity index (χ0n) is 17.2. The summed E-state index contributed by atoms with van der Waals surface area (Å²) in [7, 11) is 0. The molecule has 2 unspecified atom stereocenters. The van der Waals surface area contributed by atoms with Gasteiger partial charge in [-0.2, -0.15) is 0 Å². The summed E-state index contributed by atoms with van der Waals surface area (Å²) in [5, 5.41) is 0. The van der Waals surface area contributed by atoms with Gasteiger partial charge in [-0.05, 0) is 49.1 Å². The van der Waals surface area contributed by atoms with Crippen LogP contribution in [0.5, 0.6) is 0 Å². The molecular weight excluding hydrogens is 356 g/mol. The number of hydrogen-bond donors (Lipinski definition) is 0. The van der Waals surface area contributed by atoms with Gasteiger partial charge in [0.25, 0.3) is 0 Å². The fourth-order valence-electron chi connectivity index (χ4n) is 4.49. The average Bonchev–Trinajstić information content (AvgIpc) is 2.75. The van der Waals surface area contributed by atoms with E-state index in [1.807, 2.05) is 35.2 Å². The van der Waals surface area contributed by atoms with Crippen LogP contribution in [0.15, 0.2) is 84.9 Å². The summed E-state index contributed by atoms with van der Waals surface area (Å²) in [6.07, 6.45) is 1.93. The first-order valence-electron chi connectivity index (χ1n) is 10.4. The number of hydrogen-bond acceptors (Lipinski definition) is 2. The predicted octanol–water partition coefficient (Wildman–Crippen LogP) is 5.62. The first-order valence-corrected chi connectivity index (χ1v) is 10.4. The maximum atomic E-state index is 12.7. The van der Waals surface area contributed by atoms with Gasteiger partial charge in [0, 0.05) is 30.9 Å². The third-order valence-corrected chi connectivity index (χ3v) is 5.87. The number of benzene rings is 3. The van der Waals surface area contributed by atoms with Crippen molar-refractivity contribution in [2.24, 2.45) is 0 Å². The van der Waals surface area contributed by atoms with E-state index in [4.69, 9.17) is 0 Å². The van der Waals surface area contributed by atoms with Crippen molar-refractivity contribution in [2.45, 2.75) is 38.8 Å². The van der Waals surface area contributed by atoms with Crippen molar-refractivity contribution in [1.29, 1.82) is 0 Å². The lowest BCUT2D eigenvalue weighted by atomic mass is 9.89. The van der Waals surface area contributed by atoms with Crippen LogP contribution in [0.3, 0.4) is 0 Å². The fourth-order valence-corrected chi connectivity index (χ4v) is 4.49. The molecule has 0 saturated heterocycles. The summed E-state index contributed by atoms with van der Waals surface area (Å²) in [6, 6.07) is 29.6. The second kappa shape index (κ2) is 8.52. The third-order valence-electron chi connectivity index (χ3n) is 5.87. The quantitative estimate of drug-likeness (QED) is 0.570. The van der Waals surface area contributed by atoms with Crippen LogP contribution in [0.2, 0.25) is 0 Å². The Morgan fingerprint density at radius 3 is 2.24 bits per heavy atom. The Labute approximate surface area is 173 Å². The van der Waals surface area contributed by atoms with E-state index >= 15 is 0 Å². The maximum absolute atomic E-state index is 12.7. The van der Waals surface area contributed by atoms with Crippen LogP contribution in [0, 0.1) is 0 Å². The molecule has 29 heavy (non-hydrogen) atoms. The molecular formula is C26H28N2O. The van der Waals surface area contributed by atoms with Gasteiger partial charge in [0.1, 0.15) is 0 Å². The molecule has 3 nitrogen and oxygen atoms in total. The van der Waals surface area contributed by atoms with E-state index in [9.17, 15) is 4.79 Å². The molecule has 2 atom stereocenters. The number of carbonyl (C=O) groups excluding carboxylic acids is 1. The van der Waals surface area contributed by atoms with E-state index < -0.39 is 0 Å². The van der Waals surface area contributed by atoms with E-state index in [0.717, 1.165) is 25.1 Å². The van der Waals surface area contributed by atoms with Crippen molar-refractivity contribution >= 4 is 17.3 Å². The molecule has 3 aromatic rings. The Morgan fingerprint density at radius 2 is 1.55 bits per heavy atom. The van der Waals surface area contributed by atoms with Crippen LogP contribution in [0.4, 0.5) is 11.4 Å². The number of anilines is 2. The van der Waals surface area contributed by atoms with Crippen molar-refractivity contribution in [3.05, 3.63) is 96.1 Å². The Hall–Kier alpha value is -3.07. The lowest BCUT2D eigenvalue weighted by Crippen LogP contribution is -2.45. The molecule has 0 saturated carbocycles. The lowest BCUT2D eigenvalue weighted by Gasteiger charge is -2.44. The lowest BCUT2D eigenvalue weighted by molar-refractivity contribution is -0.117. The third kappa shape index (κ3) is 4.04. The van der Waals surface area contributed by atoms with Crippen LogP contribution in [0.25, 0.3) is 0 Å². The summed E-state index contributed by atoms with van der Waals surface area (Å²) in [5.74, 6) is 0.0842. The van der Waals surface area contributed by atoms with E-state index in [2.05, 4.69) is 66.4 Å². The minimum absolute atomic E-state index is 0.0501. The summed E-state index contributed by atoms with van der Waals surface area (Å²) >= 11 is 0. The van der Waals surface area contributed by atoms with Gasteiger partial charge in [-0.3, -0.25) is 4.79 Å². The van der Waals surface area contributed by atoms with E-state index in [1.54, 1.807) is 6.92 Å². The Kier molecular flexibility index (Phi) is 5.66. The van der Waals surface area contributed by atoms with Crippen LogP contribution in [-0.2, 0) is 11.2 Å². The molecule has 0 fully saturated rings. The Bertz CT molecular complexity index is 955. The minimum atomic E-state index is 0.0501. The molecule has 3 aromatic carbocycles. The largest absolute Gasteiger partial charge is 0.368 e. The van der Waals surface area contributed by atoms with Gasteiger partial charge >= 0.3 is 0 Å². The predicted molar refractivity (Wildman–Crippen MR) is 120 cm³/mol. The van der Waals surface area contributed by atoms with Crippen LogP contribution >= 0.6 is 0 Å². The zero-order chi connectivity index (χ0) is 20.2. The first-order chi connectivity index (χ1) is 14.1. The smallest absolute Gasteiger partial charge is 0.224 e. The summed E-state index contributed by atoms with van der Waals surface area (Å²) in [4.78, 5) is 17.1. The maximum Gasteiger partial charge on any atom is 0.224 e. The number of amides is 1. The van der Waals surface area contributed by atoms with Gasteiger partial charge in [-0.15, -0.1) is 0 Å². The summed E-state index contributed by atoms with van der Waals surface area (Å²) in [6.45, 7) is 4.92. The summed E-state index contributed by atoms with van der Waals surface area (Å²) in [5.41, 5.74) is 4.80. The van der Waals surface area contributed by atoms with Crippen molar-refractivity contribution in [1.82, 2.24) is 0 Å². The Balaban J connectivity index is 1.66. The van der Waals surface area contributed by atoms with E-state index in [-0.39, 0.29) is 11.9 Å². The van der Waals surface area contributed by atoms with Crippen LogP contribution in [-0.4, -0.2) is 18.5 Å². The Morgan fingerprint density at radius 1 is 0.931 bits per heavy atom. The van der Waals surface area contributed by atoms with Crippen molar-refractivity contribution in [3.8, 4) is 0 Å². The number of carbonyl (C=O) groups is 1. The van der Waals surface area contributed by atoms with E-state index in [1.165, 1.54) is 16.8 Å². The van der Waals surface area contributed by atoms with Crippen LogP contribution < -0.4 is 9.80 Å². The highest BCUT2D eigenvalue weighted by Gasteiger charge is 2.35. The molecule has 1 amide bonds. The fraction of sp³-hybridized carbons (Fsp3) is 0.269. The molecule has 1 heterocycles. The zero-order valence-corrected chi connectivity index (χ0v) is 17.2. The molecule has 0 bridgehead atoms. The first kappa shape index (κ1) is 19.3. The molecule has 148 valence electrons. The van der Waals surface area contributed by atoms with Gasteiger partial charge in [0.05, 0.1) is 6.04 Å². The van der Waals surface area contributed by atoms with Gasteiger partial charge in [0.2, 0.25) is 5.91 Å². The van der Waals surface area contributed by atoms with Gasteiger partial charge in [-0.25, -0.2) is 0 Å². The average molecular weight is 385 g/mol. The SMILES string of the molecule is CC(=O)N(c1ccccc1)C1CC(C)N(CCc2ccccc2)c2ccccc21. The molecule has 0 N–H and O–H groups in total. The van der Waals surface area contributed by atoms with Gasteiger partial charge in [0.15, 0.2) is 0 Å². The molecule has 0 radical (unpaired) electrons. The molecule has 0 spiro atoms. The van der Waals surface area contributed by atoms with Crippen molar-refractivity contribution in [2.75, 3.05) is 16.3 Å². The number of para-hydroxylation sites is 2. The van der Waals surface area contributed by atoms with Crippen molar-refractivity contribution in [3.63, 3.8) is 0 Å². The molecule has 1 aliphatic heterocycles. The standard InChI is InChI=1S/C26H28N2O/c1-20-19-26(28(21(2)29)23-13-7-4-8-14-23)24-15-9-10-16-25(24)27(20)18-17-22-11-5-3-6-12-22/h3-16,20,26H,17-19H2,1-2H3. The number of rotatable bonds is 5. The monoisotopic (exact) mass is 384 g/mol. The van der Waals surface area contributed by atoms with Gasteiger partial charge in [-0.1, -0.05) is 66.7 Å². The molecule has 0 aromatic heterocycles. The van der Waals surface area contributed by atoms with E-state index in [0.29, 0.717) is 6.04 Å². The molecule has 0 aliphatic carbocycles. The molecule has 3 heteroatoms. The topological polar surface area (TPSA) is 23.6 Å². The normalized spacial score (nSPS) is 18.2. The molecule has 4 rings (SSSR count).